The number of rotatable bonds is 6. The lowest BCUT2D eigenvalue weighted by Crippen LogP contribution is -2.24. The number of benzene rings is 2. The van der Waals surface area contributed by atoms with Gasteiger partial charge in [0.1, 0.15) is 11.4 Å². The van der Waals surface area contributed by atoms with E-state index in [2.05, 4.69) is 21.9 Å². The van der Waals surface area contributed by atoms with Crippen LogP contribution < -0.4 is 10.1 Å². The molecule has 0 spiro atoms. The Kier molecular flexibility index (Phi) is 6.17. The fourth-order valence-corrected chi connectivity index (χ4v) is 2.86. The first-order chi connectivity index (χ1) is 13.9. The quantitative estimate of drug-likeness (QED) is 0.569. The minimum absolute atomic E-state index is 0.0125. The highest BCUT2D eigenvalue weighted by molar-refractivity contribution is 6.32. The summed E-state index contributed by atoms with van der Waals surface area (Å²) in [5, 5.41) is 11.7. The standard InChI is InChI=1S/C20H13Cl2FN4O2/c1-2-11-5-12(8-24)7-14(6-11)29-18-15(21)4-3-13(16(18)23)9-25-20(28)17-19(22)27-10-26-17/h2-7,10H,1,9H2,(H,25,28)(H,26,27). The molecule has 1 heterocycles. The molecule has 0 aliphatic carbocycles. The van der Waals surface area contributed by atoms with Gasteiger partial charge in [0.05, 0.1) is 23.0 Å². The first-order valence-electron chi connectivity index (χ1n) is 8.22. The molecule has 0 bridgehead atoms. The summed E-state index contributed by atoms with van der Waals surface area (Å²) in [7, 11) is 0. The van der Waals surface area contributed by atoms with Crippen LogP contribution >= 0.6 is 23.2 Å². The number of carbonyl (C=O) groups excluding carboxylic acids is 1. The molecule has 1 aromatic heterocycles. The van der Waals surface area contributed by atoms with Gasteiger partial charge in [0.15, 0.2) is 16.7 Å². The first-order valence-corrected chi connectivity index (χ1v) is 8.98. The number of aromatic nitrogens is 2. The van der Waals surface area contributed by atoms with Gasteiger partial charge in [0, 0.05) is 12.1 Å². The predicted molar refractivity (Wildman–Crippen MR) is 107 cm³/mol. The number of halogens is 3. The fourth-order valence-electron chi connectivity index (χ4n) is 2.49. The second-order valence-electron chi connectivity index (χ2n) is 5.81. The van der Waals surface area contributed by atoms with Gasteiger partial charge in [-0.25, -0.2) is 9.37 Å². The Hall–Kier alpha value is -3.34. The SMILES string of the molecule is C=Cc1cc(C#N)cc(Oc2c(Cl)ccc(CNC(=O)c3[nH]cnc3Cl)c2F)c1. The molecule has 0 saturated heterocycles. The zero-order valence-corrected chi connectivity index (χ0v) is 16.3. The smallest absolute Gasteiger partial charge is 0.271 e. The number of hydrogen-bond acceptors (Lipinski definition) is 4. The van der Waals surface area contributed by atoms with Crippen LogP contribution in [0.4, 0.5) is 4.39 Å². The van der Waals surface area contributed by atoms with Crippen LogP contribution in [0.5, 0.6) is 11.5 Å². The third-order valence-corrected chi connectivity index (χ3v) is 4.49. The summed E-state index contributed by atoms with van der Waals surface area (Å²) in [4.78, 5) is 18.4. The van der Waals surface area contributed by atoms with Crippen molar-refractivity contribution in [3.8, 4) is 17.6 Å². The molecule has 0 atom stereocenters. The molecule has 0 unspecified atom stereocenters. The van der Waals surface area contributed by atoms with Crippen LogP contribution in [0.15, 0.2) is 43.2 Å². The molecular formula is C20H13Cl2FN4O2. The van der Waals surface area contributed by atoms with Crippen LogP contribution in [0.1, 0.15) is 27.2 Å². The van der Waals surface area contributed by atoms with E-state index in [1.165, 1.54) is 30.6 Å². The lowest BCUT2D eigenvalue weighted by Gasteiger charge is -2.13. The van der Waals surface area contributed by atoms with Crippen LogP contribution in [0, 0.1) is 17.1 Å². The van der Waals surface area contributed by atoms with Crippen molar-refractivity contribution >= 4 is 35.2 Å². The maximum absolute atomic E-state index is 15.0. The zero-order valence-electron chi connectivity index (χ0n) is 14.8. The third-order valence-electron chi connectivity index (χ3n) is 3.90. The summed E-state index contributed by atoms with van der Waals surface area (Å²) >= 11 is 11.9. The zero-order chi connectivity index (χ0) is 21.0. The summed E-state index contributed by atoms with van der Waals surface area (Å²) < 4.78 is 20.6. The van der Waals surface area contributed by atoms with Gasteiger partial charge in [0.2, 0.25) is 0 Å². The van der Waals surface area contributed by atoms with Crippen molar-refractivity contribution in [3.05, 3.63) is 81.6 Å². The van der Waals surface area contributed by atoms with Gasteiger partial charge < -0.3 is 15.0 Å². The Labute approximate surface area is 175 Å². The molecule has 0 saturated carbocycles. The van der Waals surface area contributed by atoms with Crippen LogP contribution in [-0.2, 0) is 6.54 Å². The van der Waals surface area contributed by atoms with Crippen molar-refractivity contribution in [1.29, 1.82) is 5.26 Å². The number of nitrogens with one attached hydrogen (secondary N) is 2. The second kappa shape index (κ2) is 8.78. The molecule has 0 aliphatic rings. The third kappa shape index (κ3) is 4.57. The number of ether oxygens (including phenoxy) is 1. The van der Waals surface area contributed by atoms with Crippen LogP contribution in [0.2, 0.25) is 10.2 Å². The average molecular weight is 431 g/mol. The minimum atomic E-state index is -0.740. The van der Waals surface area contributed by atoms with Gasteiger partial charge in [-0.1, -0.05) is 41.9 Å². The molecule has 0 radical (unpaired) electrons. The van der Waals surface area contributed by atoms with E-state index in [4.69, 9.17) is 33.2 Å². The van der Waals surface area contributed by atoms with Gasteiger partial charge in [0.25, 0.3) is 5.91 Å². The summed E-state index contributed by atoms with van der Waals surface area (Å²) in [5.74, 6) is -1.27. The normalized spacial score (nSPS) is 10.3. The van der Waals surface area contributed by atoms with E-state index in [1.54, 1.807) is 12.1 Å². The van der Waals surface area contributed by atoms with Gasteiger partial charge >= 0.3 is 0 Å². The van der Waals surface area contributed by atoms with Crippen LogP contribution in [0.25, 0.3) is 6.08 Å². The van der Waals surface area contributed by atoms with Gasteiger partial charge in [-0.05, 0) is 29.8 Å². The molecule has 3 aromatic rings. The highest BCUT2D eigenvalue weighted by Gasteiger charge is 2.18. The topological polar surface area (TPSA) is 90.8 Å². The van der Waals surface area contributed by atoms with Crippen LogP contribution in [0.3, 0.4) is 0 Å². The number of carbonyl (C=O) groups is 1. The second-order valence-corrected chi connectivity index (χ2v) is 6.57. The van der Waals surface area contributed by atoms with Crippen molar-refractivity contribution in [2.24, 2.45) is 0 Å². The molecule has 2 aromatic carbocycles. The number of hydrogen-bond donors (Lipinski definition) is 2. The number of aromatic amines is 1. The van der Waals surface area contributed by atoms with E-state index in [0.29, 0.717) is 11.1 Å². The largest absolute Gasteiger partial charge is 0.453 e. The lowest BCUT2D eigenvalue weighted by atomic mass is 10.1. The maximum Gasteiger partial charge on any atom is 0.271 e. The van der Waals surface area contributed by atoms with E-state index in [1.807, 2.05) is 6.07 Å². The monoisotopic (exact) mass is 430 g/mol. The molecule has 2 N–H and O–H groups in total. The number of nitriles is 1. The molecule has 3 rings (SSSR count). The van der Waals surface area contributed by atoms with E-state index in [-0.39, 0.29) is 39.5 Å². The molecule has 1 amide bonds. The average Bonchev–Trinajstić information content (AvgIpc) is 3.16. The van der Waals surface area contributed by atoms with E-state index in [9.17, 15) is 9.18 Å². The van der Waals surface area contributed by atoms with Crippen molar-refractivity contribution in [3.63, 3.8) is 0 Å². The Morgan fingerprint density at radius 3 is 2.83 bits per heavy atom. The Bertz CT molecular complexity index is 1140. The maximum atomic E-state index is 15.0. The number of imidazole rings is 1. The minimum Gasteiger partial charge on any atom is -0.453 e. The van der Waals surface area contributed by atoms with Crippen molar-refractivity contribution in [2.75, 3.05) is 0 Å². The van der Waals surface area contributed by atoms with Crippen molar-refractivity contribution < 1.29 is 13.9 Å². The van der Waals surface area contributed by atoms with Gasteiger partial charge in [-0.2, -0.15) is 5.26 Å². The highest BCUT2D eigenvalue weighted by Crippen LogP contribution is 2.34. The summed E-state index contributed by atoms with van der Waals surface area (Å²) in [6.45, 7) is 3.51. The van der Waals surface area contributed by atoms with E-state index < -0.39 is 11.7 Å². The summed E-state index contributed by atoms with van der Waals surface area (Å²) in [6, 6.07) is 9.55. The van der Waals surface area contributed by atoms with Crippen molar-refractivity contribution in [2.45, 2.75) is 6.54 Å². The molecule has 9 heteroatoms. The molecule has 6 nitrogen and oxygen atoms in total. The lowest BCUT2D eigenvalue weighted by molar-refractivity contribution is 0.0946. The number of H-pyrrole nitrogens is 1. The predicted octanol–water partition coefficient (Wildman–Crippen LogP) is 5.09. The molecule has 29 heavy (non-hydrogen) atoms. The van der Waals surface area contributed by atoms with Crippen molar-refractivity contribution in [1.82, 2.24) is 15.3 Å². The highest BCUT2D eigenvalue weighted by atomic mass is 35.5. The van der Waals surface area contributed by atoms with E-state index in [0.717, 1.165) is 0 Å². The number of nitrogens with zero attached hydrogens (tertiary/aromatic N) is 2. The molecular weight excluding hydrogens is 418 g/mol. The van der Waals surface area contributed by atoms with Crippen LogP contribution in [-0.4, -0.2) is 15.9 Å². The molecule has 0 fully saturated rings. The Morgan fingerprint density at radius 2 is 2.17 bits per heavy atom. The Morgan fingerprint density at radius 1 is 1.38 bits per heavy atom. The first kappa shape index (κ1) is 20.4. The molecule has 0 aliphatic heterocycles. The summed E-state index contributed by atoms with van der Waals surface area (Å²) in [5.41, 5.74) is 1.18. The molecule has 146 valence electrons. The summed E-state index contributed by atoms with van der Waals surface area (Å²) in [6.07, 6.45) is 2.82. The Balaban J connectivity index is 1.84. The fraction of sp³-hybridized carbons (Fsp3) is 0.0500. The van der Waals surface area contributed by atoms with E-state index >= 15 is 0 Å². The van der Waals surface area contributed by atoms with Gasteiger partial charge in [-0.3, -0.25) is 4.79 Å². The van der Waals surface area contributed by atoms with Gasteiger partial charge in [-0.15, -0.1) is 0 Å². The number of amides is 1.